The third-order valence-electron chi connectivity index (χ3n) is 4.49. The molecule has 0 spiro atoms. The molecule has 2 aromatic carbocycles. The fourth-order valence-corrected chi connectivity index (χ4v) is 3.32. The first kappa shape index (κ1) is 15.0. The van der Waals surface area contributed by atoms with Gasteiger partial charge in [-0.25, -0.2) is 0 Å². The van der Waals surface area contributed by atoms with Crippen molar-refractivity contribution in [2.45, 2.75) is 31.4 Å². The predicted molar refractivity (Wildman–Crippen MR) is 85.4 cm³/mol. The van der Waals surface area contributed by atoms with E-state index < -0.39 is 6.10 Å². The maximum absolute atomic E-state index is 12.3. The van der Waals surface area contributed by atoms with Crippen molar-refractivity contribution in [3.8, 4) is 0 Å². The normalized spacial score (nSPS) is 24.5. The van der Waals surface area contributed by atoms with Crippen molar-refractivity contribution in [3.05, 3.63) is 48.0 Å². The minimum absolute atomic E-state index is 0.0309. The molecular formula is C18H21NO3. The van der Waals surface area contributed by atoms with Crippen LogP contribution in [0.15, 0.2) is 42.5 Å². The zero-order valence-corrected chi connectivity index (χ0v) is 12.4. The lowest BCUT2D eigenvalue weighted by Crippen LogP contribution is -2.34. The van der Waals surface area contributed by atoms with Gasteiger partial charge in [-0.3, -0.25) is 4.79 Å². The van der Waals surface area contributed by atoms with Gasteiger partial charge in [0.15, 0.2) is 0 Å². The average Bonchev–Trinajstić information content (AvgIpc) is 2.87. The molecule has 1 fully saturated rings. The fourth-order valence-electron chi connectivity index (χ4n) is 3.32. The van der Waals surface area contributed by atoms with Crippen molar-refractivity contribution >= 4 is 16.7 Å². The van der Waals surface area contributed by atoms with Crippen LogP contribution in [0, 0.1) is 5.92 Å². The van der Waals surface area contributed by atoms with Gasteiger partial charge in [0.25, 0.3) is 0 Å². The topological polar surface area (TPSA) is 69.6 Å². The van der Waals surface area contributed by atoms with E-state index in [1.807, 2.05) is 42.5 Å². The number of amides is 1. The van der Waals surface area contributed by atoms with Gasteiger partial charge in [0, 0.05) is 18.6 Å². The third-order valence-corrected chi connectivity index (χ3v) is 4.49. The number of aliphatic hydroxyl groups is 2. The number of aliphatic hydroxyl groups excluding tert-OH is 2. The summed E-state index contributed by atoms with van der Waals surface area (Å²) in [5.41, 5.74) is 1.01. The van der Waals surface area contributed by atoms with Crippen molar-refractivity contribution in [3.63, 3.8) is 0 Å². The van der Waals surface area contributed by atoms with Gasteiger partial charge < -0.3 is 15.5 Å². The number of carbonyl (C=O) groups is 1. The molecule has 3 rings (SSSR count). The SMILES string of the molecule is O=C(Cc1cccc2ccccc12)N[C@@H]1C[C@H](CO)[C@H](O)C1. The molecule has 0 aliphatic heterocycles. The van der Waals surface area contributed by atoms with Crippen LogP contribution in [-0.2, 0) is 11.2 Å². The standard InChI is InChI=1S/C18H21NO3/c20-11-14-8-15(10-17(14)21)19-18(22)9-13-6-3-5-12-4-1-2-7-16(12)13/h1-7,14-15,17,20-21H,8-11H2,(H,19,22)/t14-,15-,17-/m1/s1. The second-order valence-electron chi connectivity index (χ2n) is 6.06. The number of nitrogens with one attached hydrogen (secondary N) is 1. The van der Waals surface area contributed by atoms with Crippen LogP contribution in [0.2, 0.25) is 0 Å². The Bertz CT molecular complexity index is 665. The van der Waals surface area contributed by atoms with Crippen LogP contribution in [0.1, 0.15) is 18.4 Å². The first-order chi connectivity index (χ1) is 10.7. The van der Waals surface area contributed by atoms with Crippen LogP contribution in [-0.4, -0.2) is 34.9 Å². The number of hydrogen-bond donors (Lipinski definition) is 3. The maximum atomic E-state index is 12.3. The van der Waals surface area contributed by atoms with E-state index in [4.69, 9.17) is 5.11 Å². The lowest BCUT2D eigenvalue weighted by molar-refractivity contribution is -0.121. The molecule has 1 saturated carbocycles. The highest BCUT2D eigenvalue weighted by Crippen LogP contribution is 2.26. The number of benzene rings is 2. The van der Waals surface area contributed by atoms with Gasteiger partial charge in [0.05, 0.1) is 12.5 Å². The first-order valence-electron chi connectivity index (χ1n) is 7.72. The van der Waals surface area contributed by atoms with E-state index in [2.05, 4.69) is 5.32 Å². The number of hydrogen-bond acceptors (Lipinski definition) is 3. The molecule has 2 aromatic rings. The zero-order valence-electron chi connectivity index (χ0n) is 12.4. The number of carbonyl (C=O) groups excluding carboxylic acids is 1. The summed E-state index contributed by atoms with van der Waals surface area (Å²) < 4.78 is 0. The maximum Gasteiger partial charge on any atom is 0.224 e. The molecule has 4 heteroatoms. The Morgan fingerprint density at radius 3 is 2.68 bits per heavy atom. The second kappa shape index (κ2) is 6.46. The Morgan fingerprint density at radius 1 is 1.14 bits per heavy atom. The minimum atomic E-state index is -0.521. The van der Waals surface area contributed by atoms with E-state index in [-0.39, 0.29) is 24.5 Å². The highest BCUT2D eigenvalue weighted by Gasteiger charge is 2.33. The Morgan fingerprint density at radius 2 is 1.91 bits per heavy atom. The summed E-state index contributed by atoms with van der Waals surface area (Å²) >= 11 is 0. The lowest BCUT2D eigenvalue weighted by Gasteiger charge is -2.13. The van der Waals surface area contributed by atoms with Gasteiger partial charge in [-0.2, -0.15) is 0 Å². The average molecular weight is 299 g/mol. The molecule has 0 unspecified atom stereocenters. The molecule has 3 atom stereocenters. The second-order valence-corrected chi connectivity index (χ2v) is 6.06. The van der Waals surface area contributed by atoms with Gasteiger partial charge in [-0.15, -0.1) is 0 Å². The number of rotatable bonds is 4. The molecule has 1 amide bonds. The summed E-state index contributed by atoms with van der Waals surface area (Å²) in [5.74, 6) is -0.157. The van der Waals surface area contributed by atoms with Crippen molar-refractivity contribution in [1.82, 2.24) is 5.32 Å². The van der Waals surface area contributed by atoms with Crippen LogP contribution in [0.25, 0.3) is 10.8 Å². The van der Waals surface area contributed by atoms with Gasteiger partial charge in [0.1, 0.15) is 0 Å². The van der Waals surface area contributed by atoms with Crippen LogP contribution in [0.5, 0.6) is 0 Å². The summed E-state index contributed by atoms with van der Waals surface area (Å²) in [6, 6.07) is 14.0. The van der Waals surface area contributed by atoms with Crippen LogP contribution in [0.3, 0.4) is 0 Å². The van der Waals surface area contributed by atoms with E-state index in [1.165, 1.54) is 0 Å². The smallest absolute Gasteiger partial charge is 0.224 e. The van der Waals surface area contributed by atoms with Crippen molar-refractivity contribution < 1.29 is 15.0 Å². The monoisotopic (exact) mass is 299 g/mol. The van der Waals surface area contributed by atoms with Crippen molar-refractivity contribution in [2.75, 3.05) is 6.61 Å². The summed E-state index contributed by atoms with van der Waals surface area (Å²) in [4.78, 5) is 12.3. The highest BCUT2D eigenvalue weighted by atomic mass is 16.3. The summed E-state index contributed by atoms with van der Waals surface area (Å²) in [5, 5.41) is 24.2. The molecule has 0 saturated heterocycles. The lowest BCUT2D eigenvalue weighted by atomic mass is 10.0. The van der Waals surface area contributed by atoms with E-state index in [0.29, 0.717) is 19.3 Å². The summed E-state index contributed by atoms with van der Waals surface area (Å²) in [7, 11) is 0. The summed E-state index contributed by atoms with van der Waals surface area (Å²) in [6.45, 7) is -0.0309. The molecule has 3 N–H and O–H groups in total. The molecular weight excluding hydrogens is 278 g/mol. The molecule has 4 nitrogen and oxygen atoms in total. The molecule has 0 aromatic heterocycles. The molecule has 1 aliphatic carbocycles. The molecule has 22 heavy (non-hydrogen) atoms. The predicted octanol–water partition coefficient (Wildman–Crippen LogP) is 1.63. The summed E-state index contributed by atoms with van der Waals surface area (Å²) in [6.07, 6.45) is 0.969. The van der Waals surface area contributed by atoms with Gasteiger partial charge in [0.2, 0.25) is 5.91 Å². The van der Waals surface area contributed by atoms with Gasteiger partial charge >= 0.3 is 0 Å². The fraction of sp³-hybridized carbons (Fsp3) is 0.389. The highest BCUT2D eigenvalue weighted by molar-refractivity contribution is 5.90. The largest absolute Gasteiger partial charge is 0.396 e. The quantitative estimate of drug-likeness (QED) is 0.803. The van der Waals surface area contributed by atoms with E-state index >= 15 is 0 Å². The Labute approximate surface area is 129 Å². The van der Waals surface area contributed by atoms with Crippen LogP contribution >= 0.6 is 0 Å². The Hall–Kier alpha value is -1.91. The Balaban J connectivity index is 1.67. The van der Waals surface area contributed by atoms with Gasteiger partial charge in [-0.05, 0) is 29.2 Å². The first-order valence-corrected chi connectivity index (χ1v) is 7.72. The number of fused-ring (bicyclic) bond motifs is 1. The van der Waals surface area contributed by atoms with Crippen LogP contribution in [0.4, 0.5) is 0 Å². The van der Waals surface area contributed by atoms with E-state index in [0.717, 1.165) is 16.3 Å². The molecule has 0 heterocycles. The van der Waals surface area contributed by atoms with Gasteiger partial charge in [-0.1, -0.05) is 42.5 Å². The van der Waals surface area contributed by atoms with Crippen molar-refractivity contribution in [1.29, 1.82) is 0 Å². The molecule has 1 aliphatic rings. The minimum Gasteiger partial charge on any atom is -0.396 e. The molecule has 116 valence electrons. The van der Waals surface area contributed by atoms with Crippen LogP contribution < -0.4 is 5.32 Å². The van der Waals surface area contributed by atoms with Crippen molar-refractivity contribution in [2.24, 2.45) is 5.92 Å². The molecule has 0 bridgehead atoms. The molecule has 0 radical (unpaired) electrons. The zero-order chi connectivity index (χ0) is 15.5. The van der Waals surface area contributed by atoms with E-state index in [1.54, 1.807) is 0 Å². The van der Waals surface area contributed by atoms with E-state index in [9.17, 15) is 9.90 Å². The third kappa shape index (κ3) is 3.13. The Kier molecular flexibility index (Phi) is 4.41.